The second kappa shape index (κ2) is 5.28. The van der Waals surface area contributed by atoms with Gasteiger partial charge in [-0.15, -0.1) is 0 Å². The summed E-state index contributed by atoms with van der Waals surface area (Å²) in [5, 5.41) is 0. The van der Waals surface area contributed by atoms with Gasteiger partial charge in [0.05, 0.1) is 10.5 Å². The van der Waals surface area contributed by atoms with Gasteiger partial charge in [-0.25, -0.2) is 12.8 Å². The Labute approximate surface area is 112 Å². The number of rotatable bonds is 4. The smallest absolute Gasteiger partial charge is 0.166 e. The highest BCUT2D eigenvalue weighted by molar-refractivity contribution is 7.92. The van der Waals surface area contributed by atoms with Crippen molar-refractivity contribution in [3.63, 3.8) is 0 Å². The number of carbonyl (C=O) groups excluding carboxylic acids is 1. The predicted molar refractivity (Wildman–Crippen MR) is 73.3 cm³/mol. The van der Waals surface area contributed by atoms with Gasteiger partial charge < -0.3 is 5.73 Å². The lowest BCUT2D eigenvalue weighted by Gasteiger charge is -2.18. The van der Waals surface area contributed by atoms with E-state index in [1.54, 1.807) is 20.8 Å². The minimum atomic E-state index is -3.38. The molecule has 0 saturated carbocycles. The molecule has 1 rings (SSSR count). The van der Waals surface area contributed by atoms with Gasteiger partial charge in [0.15, 0.2) is 15.6 Å². The number of sulfone groups is 1. The number of ketones is 1. The molecule has 1 aromatic rings. The Morgan fingerprint density at radius 1 is 1.32 bits per heavy atom. The maximum Gasteiger partial charge on any atom is 0.166 e. The first kappa shape index (κ1) is 15.6. The number of anilines is 1. The molecule has 0 amide bonds. The van der Waals surface area contributed by atoms with Gasteiger partial charge >= 0.3 is 0 Å². The average Bonchev–Trinajstić information content (AvgIpc) is 2.28. The van der Waals surface area contributed by atoms with Gasteiger partial charge in [0.1, 0.15) is 5.82 Å². The summed E-state index contributed by atoms with van der Waals surface area (Å²) < 4.78 is 35.9. The molecule has 0 unspecified atom stereocenters. The lowest BCUT2D eigenvalue weighted by Crippen LogP contribution is -2.31. The molecule has 6 heteroatoms. The van der Waals surface area contributed by atoms with E-state index >= 15 is 0 Å². The lowest BCUT2D eigenvalue weighted by molar-refractivity contribution is 0.0989. The highest BCUT2D eigenvalue weighted by atomic mass is 32.2. The Morgan fingerprint density at radius 2 is 1.89 bits per heavy atom. The molecular formula is C13H18FNO3S. The van der Waals surface area contributed by atoms with Gasteiger partial charge in [0.25, 0.3) is 0 Å². The molecular weight excluding hydrogens is 269 g/mol. The van der Waals surface area contributed by atoms with Crippen LogP contribution in [0.15, 0.2) is 18.2 Å². The molecule has 0 fully saturated rings. The number of hydrogen-bond donors (Lipinski definition) is 1. The lowest BCUT2D eigenvalue weighted by atomic mass is 10.1. The molecule has 0 bridgehead atoms. The van der Waals surface area contributed by atoms with Crippen molar-refractivity contribution in [2.45, 2.75) is 31.9 Å². The standard InChI is InChI=1S/C13H18FNO3S/c1-13(2,3)19(17,18)7-6-12(16)10-8-9(14)4-5-11(10)15/h4-5,8H,6-7,15H2,1-3H3. The summed E-state index contributed by atoms with van der Waals surface area (Å²) in [6, 6.07) is 3.47. The van der Waals surface area contributed by atoms with Crippen LogP contribution >= 0.6 is 0 Å². The molecule has 106 valence electrons. The summed E-state index contributed by atoms with van der Waals surface area (Å²) in [4.78, 5) is 11.9. The summed E-state index contributed by atoms with van der Waals surface area (Å²) in [6.07, 6.45) is -0.201. The number of nitrogens with two attached hydrogens (primary N) is 1. The van der Waals surface area contributed by atoms with Crippen LogP contribution in [0.1, 0.15) is 37.6 Å². The van der Waals surface area contributed by atoms with E-state index in [4.69, 9.17) is 5.73 Å². The third kappa shape index (κ3) is 3.76. The Hall–Kier alpha value is -1.43. The molecule has 0 atom stereocenters. The zero-order valence-electron chi connectivity index (χ0n) is 11.2. The highest BCUT2D eigenvalue weighted by Crippen LogP contribution is 2.20. The maximum atomic E-state index is 13.0. The first-order valence-corrected chi connectivity index (χ1v) is 7.50. The zero-order valence-corrected chi connectivity index (χ0v) is 12.1. The second-order valence-corrected chi connectivity index (χ2v) is 8.20. The van der Waals surface area contributed by atoms with Crippen molar-refractivity contribution in [3.05, 3.63) is 29.6 Å². The third-order valence-corrected chi connectivity index (χ3v) is 5.45. The zero-order chi connectivity index (χ0) is 14.8. The summed E-state index contributed by atoms with van der Waals surface area (Å²) in [5.41, 5.74) is 5.76. The molecule has 0 aliphatic heterocycles. The highest BCUT2D eigenvalue weighted by Gasteiger charge is 2.29. The number of halogens is 1. The molecule has 0 saturated heterocycles. The summed E-state index contributed by atoms with van der Waals surface area (Å²) in [6.45, 7) is 4.72. The van der Waals surface area contributed by atoms with Gasteiger partial charge in [0, 0.05) is 17.7 Å². The predicted octanol–water partition coefficient (Wildman–Crippen LogP) is 2.19. The first-order chi connectivity index (χ1) is 8.54. The fourth-order valence-corrected chi connectivity index (χ4v) is 2.50. The Balaban J connectivity index is 2.85. The van der Waals surface area contributed by atoms with Gasteiger partial charge in [0.2, 0.25) is 0 Å². The van der Waals surface area contributed by atoms with Crippen LogP contribution in [-0.2, 0) is 9.84 Å². The number of hydrogen-bond acceptors (Lipinski definition) is 4. The fraction of sp³-hybridized carbons (Fsp3) is 0.462. The van der Waals surface area contributed by atoms with E-state index in [0.717, 1.165) is 12.1 Å². The van der Waals surface area contributed by atoms with E-state index < -0.39 is 26.2 Å². The van der Waals surface area contributed by atoms with Gasteiger partial charge in [-0.05, 0) is 39.0 Å². The van der Waals surface area contributed by atoms with Crippen LogP contribution in [0.3, 0.4) is 0 Å². The summed E-state index contributed by atoms with van der Waals surface area (Å²) in [7, 11) is -3.38. The number of Topliss-reactive ketones (excluding diaryl/α,β-unsaturated/α-hetero) is 1. The minimum absolute atomic E-state index is 0.0316. The Morgan fingerprint density at radius 3 is 2.42 bits per heavy atom. The normalized spacial score (nSPS) is 12.4. The number of nitrogen functional groups attached to an aromatic ring is 1. The molecule has 19 heavy (non-hydrogen) atoms. The third-order valence-electron chi connectivity index (χ3n) is 2.85. The monoisotopic (exact) mass is 287 g/mol. The van der Waals surface area contributed by atoms with Gasteiger partial charge in [-0.2, -0.15) is 0 Å². The molecule has 4 nitrogen and oxygen atoms in total. The molecule has 0 heterocycles. The molecule has 0 aromatic heterocycles. The van der Waals surface area contributed by atoms with Crippen LogP contribution in [0.25, 0.3) is 0 Å². The maximum absolute atomic E-state index is 13.0. The summed E-state index contributed by atoms with van der Waals surface area (Å²) in [5.74, 6) is -1.31. The van der Waals surface area contributed by atoms with E-state index in [2.05, 4.69) is 0 Å². The van der Waals surface area contributed by atoms with Crippen molar-refractivity contribution in [2.24, 2.45) is 0 Å². The molecule has 2 N–H and O–H groups in total. The molecule has 0 spiro atoms. The van der Waals surface area contributed by atoms with E-state index in [1.807, 2.05) is 0 Å². The molecule has 0 aliphatic rings. The van der Waals surface area contributed by atoms with Crippen molar-refractivity contribution >= 4 is 21.3 Å². The van der Waals surface area contributed by atoms with E-state index in [0.29, 0.717) is 0 Å². The van der Waals surface area contributed by atoms with Crippen molar-refractivity contribution < 1.29 is 17.6 Å². The number of carbonyl (C=O) groups is 1. The van der Waals surface area contributed by atoms with Crippen molar-refractivity contribution in [1.29, 1.82) is 0 Å². The van der Waals surface area contributed by atoms with Crippen LogP contribution < -0.4 is 5.73 Å². The fourth-order valence-electron chi connectivity index (χ4n) is 1.44. The van der Waals surface area contributed by atoms with Crippen molar-refractivity contribution in [2.75, 3.05) is 11.5 Å². The Kier molecular flexibility index (Phi) is 4.35. The van der Waals surface area contributed by atoms with Gasteiger partial charge in [-0.3, -0.25) is 4.79 Å². The van der Waals surface area contributed by atoms with Crippen molar-refractivity contribution in [1.82, 2.24) is 0 Å². The van der Waals surface area contributed by atoms with Gasteiger partial charge in [-0.1, -0.05) is 0 Å². The van der Waals surface area contributed by atoms with Crippen molar-refractivity contribution in [3.8, 4) is 0 Å². The van der Waals surface area contributed by atoms with Crippen LogP contribution in [0.5, 0.6) is 0 Å². The summed E-state index contributed by atoms with van der Waals surface area (Å²) >= 11 is 0. The van der Waals surface area contributed by atoms with Crippen LogP contribution in [-0.4, -0.2) is 24.7 Å². The molecule has 0 radical (unpaired) electrons. The Bertz CT molecular complexity index is 588. The SMILES string of the molecule is CC(C)(C)S(=O)(=O)CCC(=O)c1cc(F)ccc1N. The van der Waals surface area contributed by atoms with Crippen LogP contribution in [0.2, 0.25) is 0 Å². The second-order valence-electron chi connectivity index (χ2n) is 5.34. The first-order valence-electron chi connectivity index (χ1n) is 5.85. The molecule has 0 aliphatic carbocycles. The largest absolute Gasteiger partial charge is 0.398 e. The average molecular weight is 287 g/mol. The quantitative estimate of drug-likeness (QED) is 0.680. The van der Waals surface area contributed by atoms with E-state index in [-0.39, 0.29) is 23.4 Å². The van der Waals surface area contributed by atoms with E-state index in [9.17, 15) is 17.6 Å². The van der Waals surface area contributed by atoms with E-state index in [1.165, 1.54) is 6.07 Å². The number of benzene rings is 1. The molecule has 1 aromatic carbocycles. The van der Waals surface area contributed by atoms with Crippen LogP contribution in [0.4, 0.5) is 10.1 Å². The van der Waals surface area contributed by atoms with Crippen LogP contribution in [0, 0.1) is 5.82 Å². The minimum Gasteiger partial charge on any atom is -0.398 e. The topological polar surface area (TPSA) is 77.2 Å².